The molecule has 1 aliphatic carbocycles. The fourth-order valence-electron chi connectivity index (χ4n) is 4.57. The molecule has 1 amide bonds. The molecule has 0 radical (unpaired) electrons. The van der Waals surface area contributed by atoms with Crippen LogP contribution in [-0.4, -0.2) is 27.7 Å². The van der Waals surface area contributed by atoms with Gasteiger partial charge in [0.2, 0.25) is 0 Å². The number of fused-ring (bicyclic) bond motifs is 2. The molecular formula is C20H25FN6O. The van der Waals surface area contributed by atoms with Gasteiger partial charge in [-0.15, -0.1) is 0 Å². The van der Waals surface area contributed by atoms with Crippen molar-refractivity contribution in [2.24, 2.45) is 5.73 Å². The van der Waals surface area contributed by atoms with Crippen LogP contribution in [0.4, 0.5) is 10.2 Å². The molecule has 4 heterocycles. The minimum Gasteiger partial charge on any atom is -0.350 e. The average Bonchev–Trinajstić information content (AvgIpc) is 3.29. The molecule has 0 bridgehead atoms. The van der Waals surface area contributed by atoms with Gasteiger partial charge in [0.1, 0.15) is 0 Å². The summed E-state index contributed by atoms with van der Waals surface area (Å²) in [5, 5.41) is 9.25. The molecule has 0 spiro atoms. The first-order chi connectivity index (χ1) is 13.5. The van der Waals surface area contributed by atoms with Crippen molar-refractivity contribution >= 4 is 11.7 Å². The number of nitrogens with zero attached hydrogens (tertiary/aromatic N) is 2. The highest BCUT2D eigenvalue weighted by atomic mass is 19.1. The fraction of sp³-hybridized carbons (Fsp3) is 0.500. The second kappa shape index (κ2) is 6.56. The van der Waals surface area contributed by atoms with Gasteiger partial charge in [0, 0.05) is 49.2 Å². The van der Waals surface area contributed by atoms with Crippen LogP contribution < -0.4 is 21.7 Å². The van der Waals surface area contributed by atoms with E-state index in [-0.39, 0.29) is 18.3 Å². The number of amides is 1. The number of nitrogens with one attached hydrogen (secondary N) is 3. The van der Waals surface area contributed by atoms with Gasteiger partial charge in [0.15, 0.2) is 11.6 Å². The first-order valence-corrected chi connectivity index (χ1v) is 10.0. The Morgan fingerprint density at radius 2 is 2.07 bits per heavy atom. The Labute approximate surface area is 162 Å². The lowest BCUT2D eigenvalue weighted by atomic mass is 9.89. The molecule has 1 saturated carbocycles. The lowest BCUT2D eigenvalue weighted by molar-refractivity contribution is 0.0966. The van der Waals surface area contributed by atoms with E-state index in [1.54, 1.807) is 0 Å². The van der Waals surface area contributed by atoms with Crippen molar-refractivity contribution in [1.29, 1.82) is 0 Å². The number of rotatable bonds is 3. The van der Waals surface area contributed by atoms with E-state index in [0.29, 0.717) is 16.8 Å². The molecular weight excluding hydrogens is 359 g/mol. The van der Waals surface area contributed by atoms with Crippen LogP contribution >= 0.6 is 0 Å². The van der Waals surface area contributed by atoms with Gasteiger partial charge >= 0.3 is 0 Å². The van der Waals surface area contributed by atoms with Gasteiger partial charge in [-0.3, -0.25) is 4.79 Å². The van der Waals surface area contributed by atoms with Crippen molar-refractivity contribution in [3.05, 3.63) is 34.9 Å². The molecule has 0 aromatic carbocycles. The Bertz CT molecular complexity index is 923. The van der Waals surface area contributed by atoms with E-state index in [9.17, 15) is 4.79 Å². The molecule has 0 saturated heterocycles. The van der Waals surface area contributed by atoms with E-state index in [2.05, 4.69) is 25.5 Å². The molecule has 0 unspecified atom stereocenters. The highest BCUT2D eigenvalue weighted by Gasteiger charge is 2.34. The fourth-order valence-corrected chi connectivity index (χ4v) is 4.57. The lowest BCUT2D eigenvalue weighted by Crippen LogP contribution is -2.49. The van der Waals surface area contributed by atoms with Crippen LogP contribution in [0.1, 0.15) is 53.7 Å². The number of nitrogens with two attached hydrogens (primary N) is 1. The number of pyridine rings is 1. The third-order valence-electron chi connectivity index (χ3n) is 6.10. The monoisotopic (exact) mass is 384 g/mol. The summed E-state index contributed by atoms with van der Waals surface area (Å²) in [5.74, 6) is -0.597. The molecule has 3 aliphatic rings. The van der Waals surface area contributed by atoms with Crippen molar-refractivity contribution in [2.45, 2.75) is 57.4 Å². The molecule has 5 N–H and O–H groups in total. The highest BCUT2D eigenvalue weighted by molar-refractivity contribution is 6.04. The van der Waals surface area contributed by atoms with E-state index < -0.39 is 11.5 Å². The van der Waals surface area contributed by atoms with Crippen LogP contribution in [0.25, 0.3) is 11.3 Å². The molecule has 0 atom stereocenters. The van der Waals surface area contributed by atoms with Gasteiger partial charge in [-0.1, -0.05) is 6.42 Å². The van der Waals surface area contributed by atoms with E-state index in [1.165, 1.54) is 0 Å². The zero-order valence-corrected chi connectivity index (χ0v) is 15.8. The maximum atomic E-state index is 15.2. The maximum Gasteiger partial charge on any atom is 0.254 e. The molecule has 28 heavy (non-hydrogen) atoms. The van der Waals surface area contributed by atoms with Crippen molar-refractivity contribution in [3.63, 3.8) is 0 Å². The summed E-state index contributed by atoms with van der Waals surface area (Å²) in [6, 6.07) is 2.03. The van der Waals surface area contributed by atoms with Gasteiger partial charge in [-0.05, 0) is 31.7 Å². The van der Waals surface area contributed by atoms with E-state index in [0.717, 1.165) is 63.0 Å². The smallest absolute Gasteiger partial charge is 0.254 e. The summed E-state index contributed by atoms with van der Waals surface area (Å²) in [6.07, 6.45) is 6.75. The van der Waals surface area contributed by atoms with Crippen LogP contribution in [0.2, 0.25) is 0 Å². The third-order valence-corrected chi connectivity index (χ3v) is 6.10. The summed E-state index contributed by atoms with van der Waals surface area (Å²) < 4.78 is 17.4. The average molecular weight is 384 g/mol. The summed E-state index contributed by atoms with van der Waals surface area (Å²) in [5.41, 5.74) is 9.05. The number of hydrogen-bond donors (Lipinski definition) is 4. The number of carbonyl (C=O) groups excluding carboxylic acids is 1. The standard InChI is InChI=1S/C20H25FN6O/c21-16-14-10-24-19(28)15(14)17(12-8-13-9-23-6-7-27(13)11-12)25-18(16)26-20(22)4-2-1-3-5-20/h8,11,23H,1-7,9-10,22H2,(H,24,28)(H,25,26). The predicted octanol–water partition coefficient (Wildman–Crippen LogP) is 2.07. The number of aromatic nitrogens is 2. The Hall–Kier alpha value is -2.45. The molecule has 148 valence electrons. The van der Waals surface area contributed by atoms with Crippen molar-refractivity contribution in [3.8, 4) is 11.3 Å². The van der Waals surface area contributed by atoms with Crippen LogP contribution in [0, 0.1) is 5.82 Å². The Balaban J connectivity index is 1.61. The van der Waals surface area contributed by atoms with Crippen molar-refractivity contribution in [2.75, 3.05) is 11.9 Å². The summed E-state index contributed by atoms with van der Waals surface area (Å²) in [6.45, 7) is 2.71. The van der Waals surface area contributed by atoms with Gasteiger partial charge < -0.3 is 26.3 Å². The molecule has 7 nitrogen and oxygen atoms in total. The highest BCUT2D eigenvalue weighted by Crippen LogP contribution is 2.36. The molecule has 2 aromatic heterocycles. The van der Waals surface area contributed by atoms with Crippen LogP contribution in [0.3, 0.4) is 0 Å². The lowest BCUT2D eigenvalue weighted by Gasteiger charge is -2.35. The topological polar surface area (TPSA) is 97.0 Å². The van der Waals surface area contributed by atoms with E-state index in [1.807, 2.05) is 12.3 Å². The van der Waals surface area contributed by atoms with Gasteiger partial charge in [0.25, 0.3) is 5.91 Å². The SMILES string of the molecule is NC1(Nc2nc(-c3cc4n(c3)CCNC4)c3c(c2F)CNC3=O)CCCCC1. The van der Waals surface area contributed by atoms with Gasteiger partial charge in [-0.2, -0.15) is 0 Å². The van der Waals surface area contributed by atoms with Crippen molar-refractivity contribution < 1.29 is 9.18 Å². The van der Waals surface area contributed by atoms with E-state index >= 15 is 4.39 Å². The number of anilines is 1. The van der Waals surface area contributed by atoms with Crippen LogP contribution in [0.15, 0.2) is 12.3 Å². The Morgan fingerprint density at radius 1 is 1.25 bits per heavy atom. The first kappa shape index (κ1) is 17.6. The molecule has 2 aliphatic heterocycles. The summed E-state index contributed by atoms with van der Waals surface area (Å²) >= 11 is 0. The molecule has 5 rings (SSSR count). The number of carbonyl (C=O) groups is 1. The van der Waals surface area contributed by atoms with Gasteiger partial charge in [-0.25, -0.2) is 9.37 Å². The van der Waals surface area contributed by atoms with Gasteiger partial charge in [0.05, 0.1) is 16.9 Å². The largest absolute Gasteiger partial charge is 0.350 e. The molecule has 1 fully saturated rings. The molecule has 8 heteroatoms. The Morgan fingerprint density at radius 3 is 2.86 bits per heavy atom. The minimum atomic E-state index is -0.655. The second-order valence-corrected chi connectivity index (χ2v) is 8.09. The zero-order chi connectivity index (χ0) is 19.3. The Kier molecular flexibility index (Phi) is 4.13. The van der Waals surface area contributed by atoms with Crippen LogP contribution in [0.5, 0.6) is 0 Å². The zero-order valence-electron chi connectivity index (χ0n) is 15.8. The summed E-state index contributed by atoms with van der Waals surface area (Å²) in [7, 11) is 0. The minimum absolute atomic E-state index is 0.150. The van der Waals surface area contributed by atoms with Crippen molar-refractivity contribution in [1.82, 2.24) is 20.2 Å². The third kappa shape index (κ3) is 2.87. The van der Waals surface area contributed by atoms with E-state index in [4.69, 9.17) is 5.73 Å². The quantitative estimate of drug-likeness (QED) is 0.608. The second-order valence-electron chi connectivity index (χ2n) is 8.09. The number of halogens is 1. The predicted molar refractivity (Wildman–Crippen MR) is 104 cm³/mol. The molecule has 2 aromatic rings. The first-order valence-electron chi connectivity index (χ1n) is 10.0. The van der Waals surface area contributed by atoms with Crippen LogP contribution in [-0.2, 0) is 19.6 Å². The number of hydrogen-bond acceptors (Lipinski definition) is 5. The summed E-state index contributed by atoms with van der Waals surface area (Å²) in [4.78, 5) is 17.0. The normalized spacial score (nSPS) is 20.4. The maximum absolute atomic E-state index is 15.2.